The van der Waals surface area contributed by atoms with Crippen LogP contribution in [0.2, 0.25) is 0 Å². The highest BCUT2D eigenvalue weighted by molar-refractivity contribution is 7.74. The van der Waals surface area contributed by atoms with E-state index in [9.17, 15) is 12.2 Å². The monoisotopic (exact) mass is 248 g/mol. The van der Waals surface area contributed by atoms with Gasteiger partial charge < -0.3 is 4.98 Å². The molecule has 0 aliphatic rings. The van der Waals surface area contributed by atoms with Crippen molar-refractivity contribution in [1.29, 1.82) is 0 Å². The standard InChI is InChI=1S/C9H7FN2.F2OS/c10-8-3-1-7(2-4-8)9-5-11-6-12-9;1-4(2)3/h1-6H,(H,11,12);. The SMILES string of the molecule is Fc1ccc(-c2cnc[nH]2)cc1.O=S(F)F. The molecule has 1 aromatic carbocycles. The van der Waals surface area contributed by atoms with Crippen LogP contribution in [0.4, 0.5) is 12.2 Å². The van der Waals surface area contributed by atoms with E-state index in [0.717, 1.165) is 11.3 Å². The van der Waals surface area contributed by atoms with Gasteiger partial charge in [-0.3, -0.25) is 0 Å². The van der Waals surface area contributed by atoms with E-state index in [0.29, 0.717) is 0 Å². The van der Waals surface area contributed by atoms with Crippen LogP contribution in [0.1, 0.15) is 0 Å². The van der Waals surface area contributed by atoms with Crippen LogP contribution in [-0.2, 0) is 11.6 Å². The van der Waals surface area contributed by atoms with E-state index in [-0.39, 0.29) is 5.82 Å². The van der Waals surface area contributed by atoms with Crippen molar-refractivity contribution >= 4 is 11.6 Å². The van der Waals surface area contributed by atoms with Crippen LogP contribution in [-0.4, -0.2) is 14.2 Å². The van der Waals surface area contributed by atoms with Gasteiger partial charge in [0, 0.05) is 0 Å². The third kappa shape index (κ3) is 4.26. The summed E-state index contributed by atoms with van der Waals surface area (Å²) in [5.41, 5.74) is 1.84. The Morgan fingerprint density at radius 2 is 1.75 bits per heavy atom. The van der Waals surface area contributed by atoms with Crippen molar-refractivity contribution in [2.24, 2.45) is 0 Å². The minimum Gasteiger partial charge on any atom is -0.345 e. The third-order valence-electron chi connectivity index (χ3n) is 1.65. The molecule has 0 fully saturated rings. The molecule has 0 amide bonds. The van der Waals surface area contributed by atoms with E-state index in [2.05, 4.69) is 9.97 Å². The second-order valence-electron chi connectivity index (χ2n) is 2.66. The van der Waals surface area contributed by atoms with Crippen LogP contribution >= 0.6 is 0 Å². The number of nitrogens with one attached hydrogen (secondary N) is 1. The summed E-state index contributed by atoms with van der Waals surface area (Å²) in [5.74, 6) is -0.224. The van der Waals surface area contributed by atoms with Crippen LogP contribution in [0.25, 0.3) is 11.3 Å². The predicted molar refractivity (Wildman–Crippen MR) is 54.3 cm³/mol. The quantitative estimate of drug-likeness (QED) is 0.789. The molecule has 0 bridgehead atoms. The fourth-order valence-corrected chi connectivity index (χ4v) is 1.04. The Morgan fingerprint density at radius 1 is 1.19 bits per heavy atom. The number of rotatable bonds is 1. The second-order valence-corrected chi connectivity index (χ2v) is 3.03. The van der Waals surface area contributed by atoms with Gasteiger partial charge in [0.2, 0.25) is 0 Å². The van der Waals surface area contributed by atoms with Gasteiger partial charge >= 0.3 is 11.6 Å². The molecule has 0 atom stereocenters. The number of imidazole rings is 1. The van der Waals surface area contributed by atoms with E-state index in [1.165, 1.54) is 12.1 Å². The zero-order valence-electron chi connectivity index (χ0n) is 7.86. The Hall–Kier alpha value is -1.63. The predicted octanol–water partition coefficient (Wildman–Crippen LogP) is 2.72. The Balaban J connectivity index is 0.000000280. The molecule has 7 heteroatoms. The van der Waals surface area contributed by atoms with Gasteiger partial charge in [-0.2, -0.15) is 4.21 Å². The van der Waals surface area contributed by atoms with Crippen molar-refractivity contribution in [3.63, 3.8) is 0 Å². The fourth-order valence-electron chi connectivity index (χ4n) is 1.04. The molecule has 16 heavy (non-hydrogen) atoms. The molecule has 1 aromatic heterocycles. The van der Waals surface area contributed by atoms with Crippen LogP contribution < -0.4 is 0 Å². The van der Waals surface area contributed by atoms with E-state index < -0.39 is 11.6 Å². The number of halogens is 3. The van der Waals surface area contributed by atoms with Crippen LogP contribution in [0.3, 0.4) is 0 Å². The maximum Gasteiger partial charge on any atom is 0.385 e. The Bertz CT molecular complexity index is 440. The number of H-pyrrole nitrogens is 1. The maximum atomic E-state index is 12.5. The zero-order chi connectivity index (χ0) is 12.0. The topological polar surface area (TPSA) is 45.8 Å². The lowest BCUT2D eigenvalue weighted by Crippen LogP contribution is -1.77. The molecule has 0 saturated carbocycles. The number of hydrogen-bond donors (Lipinski definition) is 1. The van der Waals surface area contributed by atoms with E-state index in [4.69, 9.17) is 4.21 Å². The van der Waals surface area contributed by atoms with E-state index in [1.807, 2.05) is 0 Å². The lowest BCUT2D eigenvalue weighted by Gasteiger charge is -1.95. The summed E-state index contributed by atoms with van der Waals surface area (Å²) >= 11 is -3.61. The van der Waals surface area contributed by atoms with Gasteiger partial charge in [-0.25, -0.2) is 9.37 Å². The molecule has 2 aromatic rings. The molecule has 3 nitrogen and oxygen atoms in total. The largest absolute Gasteiger partial charge is 0.385 e. The molecule has 2 rings (SSSR count). The smallest absolute Gasteiger partial charge is 0.345 e. The Morgan fingerprint density at radius 3 is 2.19 bits per heavy atom. The normalized spacial score (nSPS) is 9.75. The molecule has 0 radical (unpaired) electrons. The lowest BCUT2D eigenvalue weighted by atomic mass is 10.2. The Labute approximate surface area is 92.4 Å². The van der Waals surface area contributed by atoms with Crippen molar-refractivity contribution in [1.82, 2.24) is 9.97 Å². The second kappa shape index (κ2) is 6.06. The molecule has 1 heterocycles. The first kappa shape index (κ1) is 12.4. The zero-order valence-corrected chi connectivity index (χ0v) is 8.68. The van der Waals surface area contributed by atoms with Crippen molar-refractivity contribution in [3.8, 4) is 11.3 Å². The van der Waals surface area contributed by atoms with Gasteiger partial charge in [0.25, 0.3) is 0 Å². The van der Waals surface area contributed by atoms with Crippen molar-refractivity contribution in [2.45, 2.75) is 0 Å². The summed E-state index contributed by atoms with van der Waals surface area (Å²) in [6.45, 7) is 0. The summed E-state index contributed by atoms with van der Waals surface area (Å²) < 4.78 is 40.3. The van der Waals surface area contributed by atoms with Crippen LogP contribution in [0.5, 0.6) is 0 Å². The first-order chi connectivity index (χ1) is 7.59. The summed E-state index contributed by atoms with van der Waals surface area (Å²) in [5, 5.41) is 0. The van der Waals surface area contributed by atoms with Crippen molar-refractivity contribution < 1.29 is 16.4 Å². The minimum absolute atomic E-state index is 0.224. The summed E-state index contributed by atoms with van der Waals surface area (Å²) in [6.07, 6.45) is 3.30. The summed E-state index contributed by atoms with van der Waals surface area (Å²) in [7, 11) is 0. The molecule has 0 unspecified atom stereocenters. The molecule has 0 aliphatic heterocycles. The molecule has 1 N–H and O–H groups in total. The van der Waals surface area contributed by atoms with Gasteiger partial charge in [0.1, 0.15) is 5.82 Å². The van der Waals surface area contributed by atoms with Gasteiger partial charge in [0.05, 0.1) is 18.2 Å². The molecular formula is C9H7F3N2OS. The summed E-state index contributed by atoms with van der Waals surface area (Å²) in [4.78, 5) is 6.81. The summed E-state index contributed by atoms with van der Waals surface area (Å²) in [6, 6.07) is 6.28. The number of nitrogens with zero attached hydrogens (tertiary/aromatic N) is 1. The van der Waals surface area contributed by atoms with Gasteiger partial charge in [-0.15, -0.1) is 0 Å². The van der Waals surface area contributed by atoms with Crippen molar-refractivity contribution in [3.05, 3.63) is 42.6 Å². The highest BCUT2D eigenvalue weighted by Crippen LogP contribution is 2.15. The lowest BCUT2D eigenvalue weighted by molar-refractivity contribution is 0.602. The van der Waals surface area contributed by atoms with Gasteiger partial charge in [0.15, 0.2) is 0 Å². The number of aromatic nitrogens is 2. The minimum atomic E-state index is -3.61. The molecule has 0 spiro atoms. The first-order valence-electron chi connectivity index (χ1n) is 4.08. The van der Waals surface area contributed by atoms with Gasteiger partial charge in [-0.1, -0.05) is 7.77 Å². The number of hydrogen-bond acceptors (Lipinski definition) is 2. The highest BCUT2D eigenvalue weighted by atomic mass is 32.2. The van der Waals surface area contributed by atoms with Crippen LogP contribution in [0.15, 0.2) is 36.8 Å². The average Bonchev–Trinajstić information content (AvgIpc) is 2.71. The molecule has 0 aliphatic carbocycles. The third-order valence-corrected chi connectivity index (χ3v) is 1.65. The first-order valence-corrected chi connectivity index (χ1v) is 5.03. The van der Waals surface area contributed by atoms with E-state index in [1.54, 1.807) is 24.7 Å². The van der Waals surface area contributed by atoms with Crippen molar-refractivity contribution in [2.75, 3.05) is 0 Å². The number of benzene rings is 1. The fraction of sp³-hybridized carbons (Fsp3) is 0. The maximum absolute atomic E-state index is 12.5. The highest BCUT2D eigenvalue weighted by Gasteiger charge is 1.97. The van der Waals surface area contributed by atoms with Gasteiger partial charge in [-0.05, 0) is 29.8 Å². The molecule has 86 valence electrons. The van der Waals surface area contributed by atoms with Crippen LogP contribution in [0, 0.1) is 5.82 Å². The average molecular weight is 248 g/mol. The number of aromatic amines is 1. The molecular weight excluding hydrogens is 241 g/mol. The van der Waals surface area contributed by atoms with E-state index >= 15 is 0 Å². The molecule has 0 saturated heterocycles. The Kier molecular flexibility index (Phi) is 4.71.